The zero-order chi connectivity index (χ0) is 16.2. The third kappa shape index (κ3) is 4.69. The molecule has 2 N–H and O–H groups in total. The topological polar surface area (TPSA) is 87.0 Å². The zero-order valence-electron chi connectivity index (χ0n) is 13.3. The molecule has 0 saturated heterocycles. The summed E-state index contributed by atoms with van der Waals surface area (Å²) >= 11 is 0. The minimum absolute atomic E-state index is 0.0251. The van der Waals surface area contributed by atoms with Gasteiger partial charge in [0.05, 0.1) is 5.57 Å². The number of aliphatic hydroxyl groups is 1. The van der Waals surface area contributed by atoms with Gasteiger partial charge in [0.2, 0.25) is 0 Å². The summed E-state index contributed by atoms with van der Waals surface area (Å²) in [6.45, 7) is 7.43. The van der Waals surface area contributed by atoms with Gasteiger partial charge in [0.15, 0.2) is 5.78 Å². The third-order valence-corrected chi connectivity index (χ3v) is 3.68. The summed E-state index contributed by atoms with van der Waals surface area (Å²) in [7, 11) is 0. The SMILES string of the molecule is CCCCC(N=C(C)C1=C(O)CC(C)(C)CC1=O)C(=O)O. The first-order valence-electron chi connectivity index (χ1n) is 7.41. The summed E-state index contributed by atoms with van der Waals surface area (Å²) in [4.78, 5) is 27.6. The molecule has 118 valence electrons. The van der Waals surface area contributed by atoms with Crippen LogP contribution in [-0.2, 0) is 9.59 Å². The van der Waals surface area contributed by atoms with Crippen LogP contribution in [-0.4, -0.2) is 33.7 Å². The van der Waals surface area contributed by atoms with Gasteiger partial charge in [-0.15, -0.1) is 0 Å². The van der Waals surface area contributed by atoms with Gasteiger partial charge in [-0.05, 0) is 18.8 Å². The molecule has 0 heterocycles. The maximum absolute atomic E-state index is 12.2. The van der Waals surface area contributed by atoms with Crippen molar-refractivity contribution >= 4 is 17.5 Å². The van der Waals surface area contributed by atoms with Crippen molar-refractivity contribution in [1.29, 1.82) is 0 Å². The highest BCUT2D eigenvalue weighted by atomic mass is 16.4. The summed E-state index contributed by atoms with van der Waals surface area (Å²) < 4.78 is 0. The highest BCUT2D eigenvalue weighted by Gasteiger charge is 2.34. The number of nitrogens with zero attached hydrogens (tertiary/aromatic N) is 1. The average molecular weight is 295 g/mol. The minimum atomic E-state index is -0.994. The Morgan fingerprint density at radius 2 is 2.00 bits per heavy atom. The molecule has 0 amide bonds. The molecule has 0 aromatic carbocycles. The van der Waals surface area contributed by atoms with Gasteiger partial charge in [-0.25, -0.2) is 4.79 Å². The number of unbranched alkanes of at least 4 members (excludes halogenated alkanes) is 1. The first-order valence-corrected chi connectivity index (χ1v) is 7.41. The lowest BCUT2D eigenvalue weighted by Crippen LogP contribution is -2.29. The van der Waals surface area contributed by atoms with Gasteiger partial charge in [0.1, 0.15) is 11.8 Å². The van der Waals surface area contributed by atoms with Crippen molar-refractivity contribution in [3.8, 4) is 0 Å². The second-order valence-corrected chi connectivity index (χ2v) is 6.47. The van der Waals surface area contributed by atoms with Crippen LogP contribution < -0.4 is 0 Å². The molecular formula is C16H25NO4. The lowest BCUT2D eigenvalue weighted by atomic mass is 9.75. The van der Waals surface area contributed by atoms with E-state index in [1.165, 1.54) is 0 Å². The molecule has 0 radical (unpaired) electrons. The van der Waals surface area contributed by atoms with Crippen LogP contribution >= 0.6 is 0 Å². The molecule has 1 aliphatic rings. The van der Waals surface area contributed by atoms with Crippen molar-refractivity contribution in [1.82, 2.24) is 0 Å². The number of allylic oxidation sites excluding steroid dienone is 2. The van der Waals surface area contributed by atoms with Crippen molar-refractivity contribution in [2.45, 2.75) is 65.8 Å². The van der Waals surface area contributed by atoms with Crippen LogP contribution in [0.1, 0.15) is 59.8 Å². The number of carboxylic acid groups (broad SMARTS) is 1. The maximum Gasteiger partial charge on any atom is 0.328 e. The summed E-state index contributed by atoms with van der Waals surface area (Å²) in [5.41, 5.74) is 0.271. The molecule has 0 aliphatic heterocycles. The number of hydrogen-bond acceptors (Lipinski definition) is 4. The van der Waals surface area contributed by atoms with Gasteiger partial charge in [-0.2, -0.15) is 0 Å². The number of rotatable bonds is 6. The summed E-state index contributed by atoms with van der Waals surface area (Å²) in [5, 5.41) is 19.3. The van der Waals surface area contributed by atoms with Gasteiger partial charge in [0.25, 0.3) is 0 Å². The average Bonchev–Trinajstić information content (AvgIpc) is 2.31. The normalized spacial score (nSPS) is 20.6. The Morgan fingerprint density at radius 3 is 2.48 bits per heavy atom. The molecule has 1 atom stereocenters. The van der Waals surface area contributed by atoms with Gasteiger partial charge in [0, 0.05) is 18.6 Å². The predicted molar refractivity (Wildman–Crippen MR) is 81.7 cm³/mol. The van der Waals surface area contributed by atoms with E-state index >= 15 is 0 Å². The number of carbonyl (C=O) groups excluding carboxylic acids is 1. The van der Waals surface area contributed by atoms with Crippen molar-refractivity contribution in [2.75, 3.05) is 0 Å². The number of Topliss-reactive ketones (excluding diaryl/α,β-unsaturated/α-hetero) is 1. The van der Waals surface area contributed by atoms with E-state index in [0.717, 1.165) is 12.8 Å². The van der Waals surface area contributed by atoms with E-state index in [2.05, 4.69) is 4.99 Å². The molecule has 0 spiro atoms. The quantitative estimate of drug-likeness (QED) is 0.736. The molecule has 0 saturated carbocycles. The standard InChI is InChI=1S/C16H25NO4/c1-5-6-7-11(15(20)21)17-10(2)14-12(18)8-16(3,4)9-13(14)19/h11,18H,5-9H2,1-4H3,(H,20,21). The smallest absolute Gasteiger partial charge is 0.328 e. The largest absolute Gasteiger partial charge is 0.511 e. The Balaban J connectivity index is 3.04. The summed E-state index contributed by atoms with van der Waals surface area (Å²) in [6, 6.07) is -0.854. The number of carboxylic acids is 1. The fourth-order valence-electron chi connectivity index (χ4n) is 2.64. The number of aliphatic imine (C=N–C) groups is 1. The Kier molecular flexibility index (Phi) is 5.70. The van der Waals surface area contributed by atoms with Crippen LogP contribution in [0.2, 0.25) is 0 Å². The minimum Gasteiger partial charge on any atom is -0.511 e. The fourth-order valence-corrected chi connectivity index (χ4v) is 2.64. The van der Waals surface area contributed by atoms with Gasteiger partial charge < -0.3 is 10.2 Å². The van der Waals surface area contributed by atoms with Crippen molar-refractivity contribution < 1.29 is 19.8 Å². The molecule has 21 heavy (non-hydrogen) atoms. The molecule has 0 fully saturated rings. The highest BCUT2D eigenvalue weighted by Crippen LogP contribution is 2.36. The Hall–Kier alpha value is -1.65. The monoisotopic (exact) mass is 295 g/mol. The lowest BCUT2D eigenvalue weighted by molar-refractivity contribution is -0.138. The van der Waals surface area contributed by atoms with E-state index in [0.29, 0.717) is 25.0 Å². The maximum atomic E-state index is 12.2. The van der Waals surface area contributed by atoms with Gasteiger partial charge in [-0.1, -0.05) is 33.6 Å². The van der Waals surface area contributed by atoms with E-state index in [-0.39, 0.29) is 22.5 Å². The van der Waals surface area contributed by atoms with Crippen molar-refractivity contribution in [3.05, 3.63) is 11.3 Å². The van der Waals surface area contributed by atoms with E-state index in [1.807, 2.05) is 20.8 Å². The molecule has 1 rings (SSSR count). The molecule has 0 aromatic heterocycles. The Bertz CT molecular complexity index is 489. The van der Waals surface area contributed by atoms with Gasteiger partial charge >= 0.3 is 5.97 Å². The molecule has 0 bridgehead atoms. The second-order valence-electron chi connectivity index (χ2n) is 6.47. The van der Waals surface area contributed by atoms with E-state index in [4.69, 9.17) is 0 Å². The number of aliphatic carboxylic acids is 1. The number of hydrogen-bond donors (Lipinski definition) is 2. The van der Waals surface area contributed by atoms with Crippen LogP contribution in [0.15, 0.2) is 16.3 Å². The fraction of sp³-hybridized carbons (Fsp3) is 0.688. The summed E-state index contributed by atoms with van der Waals surface area (Å²) in [6.07, 6.45) is 2.84. The zero-order valence-corrected chi connectivity index (χ0v) is 13.3. The van der Waals surface area contributed by atoms with E-state index in [9.17, 15) is 19.8 Å². The number of ketones is 1. The Labute approximate surface area is 125 Å². The second kappa shape index (κ2) is 6.87. The molecule has 1 aliphatic carbocycles. The molecular weight excluding hydrogens is 270 g/mol. The van der Waals surface area contributed by atoms with E-state index in [1.54, 1.807) is 6.92 Å². The predicted octanol–water partition coefficient (Wildman–Crippen LogP) is 3.29. The number of aliphatic hydroxyl groups excluding tert-OH is 1. The lowest BCUT2D eigenvalue weighted by Gasteiger charge is -2.29. The third-order valence-electron chi connectivity index (χ3n) is 3.68. The van der Waals surface area contributed by atoms with Crippen LogP contribution in [0.5, 0.6) is 0 Å². The molecule has 5 nitrogen and oxygen atoms in total. The Morgan fingerprint density at radius 1 is 1.38 bits per heavy atom. The van der Waals surface area contributed by atoms with Crippen LogP contribution in [0.3, 0.4) is 0 Å². The van der Waals surface area contributed by atoms with Gasteiger partial charge in [-0.3, -0.25) is 9.79 Å². The van der Waals surface area contributed by atoms with Crippen LogP contribution in [0.25, 0.3) is 0 Å². The molecule has 1 unspecified atom stereocenters. The first-order chi connectivity index (χ1) is 9.68. The summed E-state index contributed by atoms with van der Waals surface area (Å²) in [5.74, 6) is -1.13. The van der Waals surface area contributed by atoms with Crippen LogP contribution in [0, 0.1) is 5.41 Å². The highest BCUT2D eigenvalue weighted by molar-refractivity contribution is 6.22. The first kappa shape index (κ1) is 17.4. The molecule has 5 heteroatoms. The van der Waals surface area contributed by atoms with Crippen molar-refractivity contribution in [3.63, 3.8) is 0 Å². The van der Waals surface area contributed by atoms with Crippen molar-refractivity contribution in [2.24, 2.45) is 10.4 Å². The molecule has 0 aromatic rings. The van der Waals surface area contributed by atoms with Crippen LogP contribution in [0.4, 0.5) is 0 Å². The number of carbonyl (C=O) groups is 2. The van der Waals surface area contributed by atoms with E-state index < -0.39 is 12.0 Å².